The Hall–Kier alpha value is -3.26. The van der Waals surface area contributed by atoms with Crippen LogP contribution in [0.25, 0.3) is 0 Å². The van der Waals surface area contributed by atoms with Crippen LogP contribution in [0.2, 0.25) is 0 Å². The summed E-state index contributed by atoms with van der Waals surface area (Å²) in [6.45, 7) is 2.47. The fourth-order valence-corrected chi connectivity index (χ4v) is 2.73. The fourth-order valence-electron chi connectivity index (χ4n) is 2.73. The van der Waals surface area contributed by atoms with Gasteiger partial charge in [0.1, 0.15) is 0 Å². The Labute approximate surface area is 163 Å². The van der Waals surface area contributed by atoms with Gasteiger partial charge in [-0.2, -0.15) is 15.0 Å². The van der Waals surface area contributed by atoms with Gasteiger partial charge in [-0.05, 0) is 43.8 Å². The molecular formula is C20H23FN6O. The summed E-state index contributed by atoms with van der Waals surface area (Å²) in [5.74, 6) is 0.882. The van der Waals surface area contributed by atoms with Crippen molar-refractivity contribution >= 4 is 17.6 Å². The number of hydrogen-bond donors (Lipinski definition) is 2. The minimum Gasteiger partial charge on any atom is -0.494 e. The van der Waals surface area contributed by atoms with E-state index in [-0.39, 0.29) is 23.6 Å². The Balaban J connectivity index is 1.75. The highest BCUT2D eigenvalue weighted by Crippen LogP contribution is 2.23. The molecule has 0 saturated heterocycles. The minimum absolute atomic E-state index is 0.138. The number of halogens is 1. The van der Waals surface area contributed by atoms with Crippen molar-refractivity contribution in [2.75, 3.05) is 25.2 Å². The Morgan fingerprint density at radius 3 is 2.57 bits per heavy atom. The van der Waals surface area contributed by atoms with E-state index in [1.807, 2.05) is 55.3 Å². The van der Waals surface area contributed by atoms with Crippen molar-refractivity contribution in [2.45, 2.75) is 19.5 Å². The molecule has 8 heteroatoms. The average molecular weight is 382 g/mol. The molecular weight excluding hydrogens is 359 g/mol. The number of methoxy groups -OCH3 is 1. The molecule has 0 bridgehead atoms. The monoisotopic (exact) mass is 382 g/mol. The molecule has 0 aliphatic carbocycles. The molecule has 0 fully saturated rings. The molecule has 3 rings (SSSR count). The first kappa shape index (κ1) is 19.5. The first-order chi connectivity index (χ1) is 13.5. The molecule has 1 unspecified atom stereocenters. The third-order valence-electron chi connectivity index (χ3n) is 4.38. The zero-order valence-corrected chi connectivity index (χ0v) is 16.1. The maximum absolute atomic E-state index is 13.9. The largest absolute Gasteiger partial charge is 0.494 e. The summed E-state index contributed by atoms with van der Waals surface area (Å²) in [4.78, 5) is 14.9. The standard InChI is InChI=1S/C20H23FN6O/c1-13(27(2)12-14-9-10-17(28-3)16(21)11-14)18-24-19(22)26-20(25-18)23-15-7-5-4-6-8-15/h4-11,13H,12H2,1-3H3,(H3,22,23,24,25,26). The Bertz CT molecular complexity index is 937. The maximum atomic E-state index is 13.9. The number of benzene rings is 2. The molecule has 0 spiro atoms. The van der Waals surface area contributed by atoms with Crippen LogP contribution < -0.4 is 15.8 Å². The highest BCUT2D eigenvalue weighted by atomic mass is 19.1. The van der Waals surface area contributed by atoms with Gasteiger partial charge in [-0.3, -0.25) is 4.90 Å². The predicted octanol–water partition coefficient (Wildman–Crippen LogP) is 3.54. The number of nitrogen functional groups attached to an aromatic ring is 1. The molecule has 1 atom stereocenters. The first-order valence-corrected chi connectivity index (χ1v) is 8.82. The van der Waals surface area contributed by atoms with Crippen LogP contribution in [0.3, 0.4) is 0 Å². The Morgan fingerprint density at radius 2 is 1.89 bits per heavy atom. The van der Waals surface area contributed by atoms with Crippen LogP contribution in [0.15, 0.2) is 48.5 Å². The van der Waals surface area contributed by atoms with Gasteiger partial charge >= 0.3 is 0 Å². The third kappa shape index (κ3) is 4.72. The van der Waals surface area contributed by atoms with Crippen LogP contribution in [-0.2, 0) is 6.54 Å². The maximum Gasteiger partial charge on any atom is 0.232 e. The van der Waals surface area contributed by atoms with Gasteiger partial charge < -0.3 is 15.8 Å². The second kappa shape index (κ2) is 8.62. The van der Waals surface area contributed by atoms with Gasteiger partial charge in [0.25, 0.3) is 0 Å². The number of ether oxygens (including phenoxy) is 1. The van der Waals surface area contributed by atoms with E-state index in [4.69, 9.17) is 10.5 Å². The van der Waals surface area contributed by atoms with E-state index in [9.17, 15) is 4.39 Å². The molecule has 1 aromatic heterocycles. The normalized spacial score (nSPS) is 12.0. The van der Waals surface area contributed by atoms with Gasteiger partial charge in [-0.1, -0.05) is 24.3 Å². The van der Waals surface area contributed by atoms with Gasteiger partial charge in [0.05, 0.1) is 13.2 Å². The summed E-state index contributed by atoms with van der Waals surface area (Å²) in [7, 11) is 3.36. The lowest BCUT2D eigenvalue weighted by Gasteiger charge is -2.24. The number of nitrogens with two attached hydrogens (primary N) is 1. The number of aromatic nitrogens is 3. The van der Waals surface area contributed by atoms with Crippen LogP contribution in [0.5, 0.6) is 5.75 Å². The molecule has 7 nitrogen and oxygen atoms in total. The molecule has 0 aliphatic rings. The summed E-state index contributed by atoms with van der Waals surface area (Å²) in [5, 5.41) is 3.12. The lowest BCUT2D eigenvalue weighted by atomic mass is 10.1. The molecule has 0 amide bonds. The molecule has 3 N–H and O–H groups in total. The topological polar surface area (TPSA) is 89.2 Å². The highest BCUT2D eigenvalue weighted by Gasteiger charge is 2.18. The average Bonchev–Trinajstić information content (AvgIpc) is 2.68. The van der Waals surface area contributed by atoms with Crippen molar-refractivity contribution in [3.8, 4) is 5.75 Å². The third-order valence-corrected chi connectivity index (χ3v) is 4.38. The summed E-state index contributed by atoms with van der Waals surface area (Å²) in [5.41, 5.74) is 7.54. The van der Waals surface area contributed by atoms with Gasteiger partial charge in [0.2, 0.25) is 11.9 Å². The number of para-hydroxylation sites is 1. The number of nitrogens with zero attached hydrogens (tertiary/aromatic N) is 4. The van der Waals surface area contributed by atoms with Gasteiger partial charge in [0, 0.05) is 12.2 Å². The van der Waals surface area contributed by atoms with Crippen molar-refractivity contribution in [2.24, 2.45) is 0 Å². The van der Waals surface area contributed by atoms with Gasteiger partial charge in [-0.15, -0.1) is 0 Å². The van der Waals surface area contributed by atoms with Crippen molar-refractivity contribution in [1.29, 1.82) is 0 Å². The second-order valence-corrected chi connectivity index (χ2v) is 6.43. The second-order valence-electron chi connectivity index (χ2n) is 6.43. The molecule has 146 valence electrons. The molecule has 3 aromatic rings. The van der Waals surface area contributed by atoms with Crippen LogP contribution >= 0.6 is 0 Å². The molecule has 28 heavy (non-hydrogen) atoms. The summed E-state index contributed by atoms with van der Waals surface area (Å²) in [6, 6.07) is 14.3. The van der Waals surface area contributed by atoms with E-state index < -0.39 is 0 Å². The molecule has 0 aliphatic heterocycles. The van der Waals surface area contributed by atoms with E-state index in [0.717, 1.165) is 11.3 Å². The van der Waals surface area contributed by atoms with E-state index in [1.165, 1.54) is 13.2 Å². The fraction of sp³-hybridized carbons (Fsp3) is 0.250. The number of anilines is 3. The summed E-state index contributed by atoms with van der Waals surface area (Å²) in [6.07, 6.45) is 0. The summed E-state index contributed by atoms with van der Waals surface area (Å²) < 4.78 is 18.9. The van der Waals surface area contributed by atoms with Gasteiger partial charge in [-0.25, -0.2) is 4.39 Å². The van der Waals surface area contributed by atoms with E-state index in [0.29, 0.717) is 18.3 Å². The number of rotatable bonds is 7. The van der Waals surface area contributed by atoms with Crippen molar-refractivity contribution in [1.82, 2.24) is 19.9 Å². The number of hydrogen-bond acceptors (Lipinski definition) is 7. The number of nitrogens with one attached hydrogen (secondary N) is 1. The van der Waals surface area contributed by atoms with Crippen LogP contribution in [0, 0.1) is 5.82 Å². The van der Waals surface area contributed by atoms with Crippen molar-refractivity contribution < 1.29 is 9.13 Å². The van der Waals surface area contributed by atoms with Crippen LogP contribution in [0.4, 0.5) is 22.0 Å². The van der Waals surface area contributed by atoms with Crippen molar-refractivity contribution in [3.63, 3.8) is 0 Å². The molecule has 2 aromatic carbocycles. The lowest BCUT2D eigenvalue weighted by molar-refractivity contribution is 0.243. The zero-order chi connectivity index (χ0) is 20.1. The molecule has 1 heterocycles. The minimum atomic E-state index is -0.389. The Morgan fingerprint density at radius 1 is 1.14 bits per heavy atom. The summed E-state index contributed by atoms with van der Waals surface area (Å²) >= 11 is 0. The van der Waals surface area contributed by atoms with Crippen LogP contribution in [-0.4, -0.2) is 34.0 Å². The van der Waals surface area contributed by atoms with E-state index in [2.05, 4.69) is 20.3 Å². The van der Waals surface area contributed by atoms with Crippen LogP contribution in [0.1, 0.15) is 24.4 Å². The lowest BCUT2D eigenvalue weighted by Crippen LogP contribution is -2.24. The van der Waals surface area contributed by atoms with E-state index in [1.54, 1.807) is 6.07 Å². The SMILES string of the molecule is COc1ccc(CN(C)C(C)c2nc(N)nc(Nc3ccccc3)n2)cc1F. The first-order valence-electron chi connectivity index (χ1n) is 8.82. The van der Waals surface area contributed by atoms with Crippen molar-refractivity contribution in [3.05, 3.63) is 65.7 Å². The van der Waals surface area contributed by atoms with Gasteiger partial charge in [0.15, 0.2) is 17.4 Å². The zero-order valence-electron chi connectivity index (χ0n) is 16.1. The molecule has 0 saturated carbocycles. The highest BCUT2D eigenvalue weighted by molar-refractivity contribution is 5.53. The molecule has 0 radical (unpaired) electrons. The predicted molar refractivity (Wildman–Crippen MR) is 107 cm³/mol. The van der Waals surface area contributed by atoms with E-state index >= 15 is 0 Å². The smallest absolute Gasteiger partial charge is 0.232 e. The quantitative estimate of drug-likeness (QED) is 0.646. The Kier molecular flexibility index (Phi) is 6.00.